The lowest BCUT2D eigenvalue weighted by Gasteiger charge is -2.26. The zero-order chi connectivity index (χ0) is 21.4. The van der Waals surface area contributed by atoms with Crippen molar-refractivity contribution in [1.29, 1.82) is 0 Å². The van der Waals surface area contributed by atoms with E-state index in [-0.39, 0.29) is 17.3 Å². The molecule has 1 aliphatic heterocycles. The largest absolute Gasteiger partial charge is 0.318 e. The van der Waals surface area contributed by atoms with Gasteiger partial charge in [0, 0.05) is 11.6 Å². The van der Waals surface area contributed by atoms with Crippen molar-refractivity contribution in [3.05, 3.63) is 97.4 Å². The van der Waals surface area contributed by atoms with E-state index in [1.807, 2.05) is 36.4 Å². The molecule has 0 saturated heterocycles. The molecule has 0 radical (unpaired) electrons. The summed E-state index contributed by atoms with van der Waals surface area (Å²) in [6, 6.07) is 15.0. The van der Waals surface area contributed by atoms with E-state index < -0.39 is 16.5 Å². The molecule has 2 N–H and O–H groups in total. The van der Waals surface area contributed by atoms with Gasteiger partial charge in [-0.1, -0.05) is 53.6 Å². The quantitative estimate of drug-likeness (QED) is 0.337. The number of aromatic amines is 1. The average Bonchev–Trinajstić information content (AvgIpc) is 3.26. The first-order chi connectivity index (χ1) is 15.1. The normalized spacial score (nSPS) is 14.6. The van der Waals surface area contributed by atoms with Gasteiger partial charge in [-0.05, 0) is 28.1 Å². The number of nitro benzene ring substituents is 1. The molecule has 0 amide bonds. The van der Waals surface area contributed by atoms with Crippen molar-refractivity contribution < 1.29 is 4.92 Å². The zero-order valence-electron chi connectivity index (χ0n) is 15.8. The molecule has 5 rings (SSSR count). The number of hydrogen-bond donors (Lipinski definition) is 2. The minimum atomic E-state index is -0.826. The Morgan fingerprint density at radius 3 is 2.65 bits per heavy atom. The van der Waals surface area contributed by atoms with Gasteiger partial charge in [0.05, 0.1) is 16.2 Å². The first kappa shape index (κ1) is 18.4. The molecule has 2 aromatic carbocycles. The summed E-state index contributed by atoms with van der Waals surface area (Å²) in [6.07, 6.45) is 3.58. The lowest BCUT2D eigenvalue weighted by molar-refractivity contribution is -0.385. The molecule has 11 heteroatoms. The highest BCUT2D eigenvalue weighted by Crippen LogP contribution is 2.41. The van der Waals surface area contributed by atoms with Crippen LogP contribution < -0.4 is 10.9 Å². The number of para-hydroxylation sites is 1. The molecule has 0 bridgehead atoms. The molecule has 31 heavy (non-hydrogen) atoms. The van der Waals surface area contributed by atoms with Crippen LogP contribution in [0.15, 0.2) is 59.4 Å². The highest BCUT2D eigenvalue weighted by Gasteiger charge is 2.36. The third kappa shape index (κ3) is 3.13. The molecule has 0 fully saturated rings. The molecule has 0 aliphatic carbocycles. The summed E-state index contributed by atoms with van der Waals surface area (Å²) in [6.45, 7) is 0. The number of fused-ring (bicyclic) bond motifs is 2. The van der Waals surface area contributed by atoms with Crippen LogP contribution in [0.25, 0.3) is 12.2 Å². The van der Waals surface area contributed by atoms with Crippen molar-refractivity contribution in [2.75, 3.05) is 5.32 Å². The van der Waals surface area contributed by atoms with E-state index in [4.69, 9.17) is 0 Å². The number of anilines is 2. The summed E-state index contributed by atoms with van der Waals surface area (Å²) in [5.41, 5.74) is 1.72. The predicted molar refractivity (Wildman–Crippen MR) is 112 cm³/mol. The number of nitro groups is 1. The molecule has 0 saturated carbocycles. The summed E-state index contributed by atoms with van der Waals surface area (Å²) in [4.78, 5) is 23.9. The van der Waals surface area contributed by atoms with Gasteiger partial charge in [-0.15, -0.1) is 0 Å². The topological polar surface area (TPSA) is 145 Å². The SMILES string of the molecule is O=c1[nH]nc(/C=C/c2ccccc2)c2c1Nc1nnnn1[C@H]2c1ccccc1[N+](=O)[O-]. The monoisotopic (exact) mass is 414 g/mol. The fourth-order valence-electron chi connectivity index (χ4n) is 3.60. The smallest absolute Gasteiger partial charge is 0.288 e. The molecule has 152 valence electrons. The summed E-state index contributed by atoms with van der Waals surface area (Å²) >= 11 is 0. The zero-order valence-corrected chi connectivity index (χ0v) is 15.8. The average molecular weight is 414 g/mol. The third-order valence-corrected chi connectivity index (χ3v) is 4.96. The van der Waals surface area contributed by atoms with Gasteiger partial charge >= 0.3 is 0 Å². The third-order valence-electron chi connectivity index (χ3n) is 4.96. The lowest BCUT2D eigenvalue weighted by Crippen LogP contribution is -2.29. The standard InChI is InChI=1S/C20H14N8O3/c29-19-17-16(14(22-23-19)11-10-12-6-2-1-3-7-12)18(27-20(21-17)24-25-26-27)13-8-4-5-9-15(13)28(30)31/h1-11,18H,(H,23,29)(H,21,24,26)/b11-10+/t18-/m0/s1. The van der Waals surface area contributed by atoms with Crippen molar-refractivity contribution in [3.8, 4) is 0 Å². The second-order valence-electron chi connectivity index (χ2n) is 6.76. The molecular formula is C20H14N8O3. The van der Waals surface area contributed by atoms with Crippen LogP contribution in [0, 0.1) is 10.1 Å². The Hall–Kier alpha value is -4.67. The minimum Gasteiger partial charge on any atom is -0.318 e. The van der Waals surface area contributed by atoms with Crippen molar-refractivity contribution in [2.45, 2.75) is 6.04 Å². The van der Waals surface area contributed by atoms with E-state index in [2.05, 4.69) is 31.0 Å². The Bertz CT molecular complexity index is 1380. The van der Waals surface area contributed by atoms with Gasteiger partial charge in [-0.3, -0.25) is 14.9 Å². The van der Waals surface area contributed by atoms with Crippen LogP contribution in [-0.2, 0) is 0 Å². The molecule has 1 atom stereocenters. The van der Waals surface area contributed by atoms with E-state index in [0.29, 0.717) is 16.8 Å². The maximum absolute atomic E-state index is 12.6. The van der Waals surface area contributed by atoms with Crippen LogP contribution in [0.2, 0.25) is 0 Å². The van der Waals surface area contributed by atoms with Crippen LogP contribution in [0.5, 0.6) is 0 Å². The molecule has 4 aromatic rings. The van der Waals surface area contributed by atoms with E-state index >= 15 is 0 Å². The van der Waals surface area contributed by atoms with Crippen molar-refractivity contribution >= 4 is 29.5 Å². The summed E-state index contributed by atoms with van der Waals surface area (Å²) in [5.74, 6) is 0.199. The number of nitrogens with zero attached hydrogens (tertiary/aromatic N) is 6. The maximum Gasteiger partial charge on any atom is 0.288 e. The lowest BCUT2D eigenvalue weighted by atomic mass is 9.93. The predicted octanol–water partition coefficient (Wildman–Crippen LogP) is 2.53. The molecule has 0 unspecified atom stereocenters. The Labute approximate surface area is 174 Å². The second kappa shape index (κ2) is 7.30. The van der Waals surface area contributed by atoms with Crippen LogP contribution in [0.4, 0.5) is 17.3 Å². The summed E-state index contributed by atoms with van der Waals surface area (Å²) < 4.78 is 1.41. The first-order valence-electron chi connectivity index (χ1n) is 9.27. The second-order valence-corrected chi connectivity index (χ2v) is 6.76. The Morgan fingerprint density at radius 1 is 1.06 bits per heavy atom. The number of hydrogen-bond acceptors (Lipinski definition) is 8. The summed E-state index contributed by atoms with van der Waals surface area (Å²) in [7, 11) is 0. The molecule has 11 nitrogen and oxygen atoms in total. The fourth-order valence-corrected chi connectivity index (χ4v) is 3.60. The van der Waals surface area contributed by atoms with E-state index in [1.165, 1.54) is 10.7 Å². The molecule has 2 aromatic heterocycles. The minimum absolute atomic E-state index is 0.111. The first-order valence-corrected chi connectivity index (χ1v) is 9.27. The van der Waals surface area contributed by atoms with E-state index in [0.717, 1.165) is 5.56 Å². The van der Waals surface area contributed by atoms with Crippen LogP contribution in [-0.4, -0.2) is 35.3 Å². The number of tetrazole rings is 1. The van der Waals surface area contributed by atoms with Crippen LogP contribution in [0.3, 0.4) is 0 Å². The van der Waals surface area contributed by atoms with Crippen molar-refractivity contribution in [2.24, 2.45) is 0 Å². The molecule has 0 spiro atoms. The highest BCUT2D eigenvalue weighted by atomic mass is 16.6. The van der Waals surface area contributed by atoms with Crippen molar-refractivity contribution in [3.63, 3.8) is 0 Å². The Kier molecular flexibility index (Phi) is 4.32. The Balaban J connectivity index is 1.76. The fraction of sp³-hybridized carbons (Fsp3) is 0.0500. The van der Waals surface area contributed by atoms with Crippen molar-refractivity contribution in [1.82, 2.24) is 30.4 Å². The van der Waals surface area contributed by atoms with E-state index in [9.17, 15) is 14.9 Å². The Morgan fingerprint density at radius 2 is 1.84 bits per heavy atom. The summed E-state index contributed by atoms with van der Waals surface area (Å²) in [5, 5.41) is 32.9. The number of H-pyrrole nitrogens is 1. The number of rotatable bonds is 4. The van der Waals surface area contributed by atoms with Gasteiger partial charge < -0.3 is 5.32 Å². The number of benzene rings is 2. The van der Waals surface area contributed by atoms with Crippen LogP contribution >= 0.6 is 0 Å². The molecule has 3 heterocycles. The highest BCUT2D eigenvalue weighted by molar-refractivity contribution is 5.75. The maximum atomic E-state index is 12.6. The molecule has 1 aliphatic rings. The molecular weight excluding hydrogens is 400 g/mol. The number of nitrogens with one attached hydrogen (secondary N) is 2. The van der Waals surface area contributed by atoms with Gasteiger partial charge in [-0.25, -0.2) is 5.10 Å². The van der Waals surface area contributed by atoms with Gasteiger partial charge in [0.1, 0.15) is 11.7 Å². The number of aromatic nitrogens is 6. The van der Waals surface area contributed by atoms with E-state index in [1.54, 1.807) is 24.3 Å². The van der Waals surface area contributed by atoms with Gasteiger partial charge in [0.25, 0.3) is 11.2 Å². The van der Waals surface area contributed by atoms with Crippen LogP contribution in [0.1, 0.15) is 28.4 Å². The van der Waals surface area contributed by atoms with Gasteiger partial charge in [-0.2, -0.15) is 9.78 Å². The van der Waals surface area contributed by atoms with Gasteiger partial charge in [0.2, 0.25) is 5.95 Å². The van der Waals surface area contributed by atoms with Gasteiger partial charge in [0.15, 0.2) is 0 Å².